The highest BCUT2D eigenvalue weighted by Crippen LogP contribution is 2.28. The van der Waals surface area contributed by atoms with Gasteiger partial charge in [-0.15, -0.1) is 13.2 Å². The van der Waals surface area contributed by atoms with Crippen LogP contribution in [0.5, 0.6) is 5.75 Å². The first-order valence-electron chi connectivity index (χ1n) is 9.24. The summed E-state index contributed by atoms with van der Waals surface area (Å²) in [5.41, 5.74) is -0.604. The van der Waals surface area contributed by atoms with Crippen LogP contribution in [0.2, 0.25) is 0 Å². The molecule has 1 amide bonds. The van der Waals surface area contributed by atoms with Crippen LogP contribution in [0.3, 0.4) is 0 Å². The summed E-state index contributed by atoms with van der Waals surface area (Å²) in [5, 5.41) is 2.54. The fraction of sp³-hybridized carbons (Fsp3) is 0.421. The van der Waals surface area contributed by atoms with Gasteiger partial charge in [0.1, 0.15) is 17.6 Å². The van der Waals surface area contributed by atoms with Gasteiger partial charge in [0.25, 0.3) is 11.5 Å². The Morgan fingerprint density at radius 3 is 2.77 bits per heavy atom. The third-order valence-corrected chi connectivity index (χ3v) is 4.45. The predicted molar refractivity (Wildman–Crippen MR) is 98.0 cm³/mol. The number of aromatic amines is 1. The Kier molecular flexibility index (Phi) is 6.91. The molecule has 2 N–H and O–H groups in total. The lowest BCUT2D eigenvalue weighted by molar-refractivity contribution is -0.275. The molecule has 2 heterocycles. The monoisotopic (exact) mass is 445 g/mol. The normalized spacial score (nSPS) is 17.4. The first-order chi connectivity index (χ1) is 14.7. The number of aromatic nitrogens is 2. The summed E-state index contributed by atoms with van der Waals surface area (Å²) in [6, 6.07) is 2.83. The molecule has 2 atom stereocenters. The molecule has 1 aliphatic rings. The van der Waals surface area contributed by atoms with Gasteiger partial charge >= 0.3 is 6.36 Å². The van der Waals surface area contributed by atoms with Gasteiger partial charge in [-0.25, -0.2) is 9.37 Å². The van der Waals surface area contributed by atoms with Gasteiger partial charge < -0.3 is 24.5 Å². The molecule has 2 aromatic rings. The number of methoxy groups -OCH3 is 1. The van der Waals surface area contributed by atoms with Crippen molar-refractivity contribution in [2.24, 2.45) is 0 Å². The number of hydrogen-bond donors (Lipinski definition) is 2. The van der Waals surface area contributed by atoms with Crippen molar-refractivity contribution in [2.75, 3.05) is 20.3 Å². The molecule has 0 spiro atoms. The number of halogens is 4. The standard InChI is InChI=1S/C19H19F4N3O5/c1-29-9-13(10-4-5-14(11(20)7-10)31-19(21,22)23)25-18(28)12-8-16(27)26-17(24-12)15-3-2-6-30-15/h4-5,7-8,13,15H,2-3,6,9H2,1H3,(H,25,28)(H,24,26,27)/t13-,15?/m1/s1. The van der Waals surface area contributed by atoms with Gasteiger partial charge in [0, 0.05) is 19.8 Å². The van der Waals surface area contributed by atoms with Gasteiger partial charge in [0.2, 0.25) is 0 Å². The number of amides is 1. The third-order valence-electron chi connectivity index (χ3n) is 4.45. The summed E-state index contributed by atoms with van der Waals surface area (Å²) in [6.07, 6.45) is -4.04. The highest BCUT2D eigenvalue weighted by atomic mass is 19.4. The van der Waals surface area contributed by atoms with Crippen LogP contribution >= 0.6 is 0 Å². The second kappa shape index (κ2) is 9.43. The summed E-state index contributed by atoms with van der Waals surface area (Å²) in [5.74, 6) is -2.79. The fourth-order valence-electron chi connectivity index (χ4n) is 3.10. The maximum absolute atomic E-state index is 14.1. The van der Waals surface area contributed by atoms with E-state index >= 15 is 0 Å². The van der Waals surface area contributed by atoms with E-state index in [-0.39, 0.29) is 23.7 Å². The van der Waals surface area contributed by atoms with E-state index in [1.165, 1.54) is 7.11 Å². The molecule has 0 radical (unpaired) electrons. The average Bonchev–Trinajstić information content (AvgIpc) is 3.22. The number of carbonyl (C=O) groups is 1. The van der Waals surface area contributed by atoms with E-state index in [0.29, 0.717) is 13.0 Å². The molecule has 8 nitrogen and oxygen atoms in total. The minimum Gasteiger partial charge on any atom is -0.403 e. The van der Waals surface area contributed by atoms with E-state index in [4.69, 9.17) is 9.47 Å². The molecular weight excluding hydrogens is 426 g/mol. The van der Waals surface area contributed by atoms with Gasteiger partial charge in [-0.05, 0) is 30.5 Å². The van der Waals surface area contributed by atoms with Gasteiger partial charge in [-0.3, -0.25) is 9.59 Å². The Morgan fingerprint density at radius 1 is 1.39 bits per heavy atom. The number of nitrogens with zero attached hydrogens (tertiary/aromatic N) is 1. The number of rotatable bonds is 7. The minimum atomic E-state index is -5.05. The number of hydrogen-bond acceptors (Lipinski definition) is 6. The van der Waals surface area contributed by atoms with E-state index in [1.807, 2.05) is 0 Å². The largest absolute Gasteiger partial charge is 0.573 e. The highest BCUT2D eigenvalue weighted by molar-refractivity contribution is 5.92. The van der Waals surface area contributed by atoms with E-state index in [9.17, 15) is 27.2 Å². The van der Waals surface area contributed by atoms with Crippen LogP contribution in [-0.2, 0) is 9.47 Å². The molecule has 1 aliphatic heterocycles. The van der Waals surface area contributed by atoms with Crippen molar-refractivity contribution in [1.29, 1.82) is 0 Å². The SMILES string of the molecule is COC[C@@H](NC(=O)c1cc(=O)[nH]c(C2CCCO2)n1)c1ccc(OC(F)(F)F)c(F)c1. The van der Waals surface area contributed by atoms with Crippen molar-refractivity contribution in [1.82, 2.24) is 15.3 Å². The maximum Gasteiger partial charge on any atom is 0.573 e. The van der Waals surface area contributed by atoms with Crippen molar-refractivity contribution in [2.45, 2.75) is 31.3 Å². The first kappa shape index (κ1) is 22.7. The third kappa shape index (κ3) is 6.01. The van der Waals surface area contributed by atoms with Crippen LogP contribution in [0, 0.1) is 5.82 Å². The molecule has 1 fully saturated rings. The Hall–Kier alpha value is -2.99. The van der Waals surface area contributed by atoms with E-state index in [1.54, 1.807) is 0 Å². The zero-order valence-electron chi connectivity index (χ0n) is 16.3. The molecule has 1 unspecified atom stereocenters. The van der Waals surface area contributed by atoms with Crippen LogP contribution in [0.1, 0.15) is 46.9 Å². The summed E-state index contributed by atoms with van der Waals surface area (Å²) >= 11 is 0. The van der Waals surface area contributed by atoms with Crippen LogP contribution in [0.4, 0.5) is 17.6 Å². The van der Waals surface area contributed by atoms with Gasteiger partial charge in [0.05, 0.1) is 12.6 Å². The molecule has 168 valence electrons. The first-order valence-corrected chi connectivity index (χ1v) is 9.24. The minimum absolute atomic E-state index is 0.119. The molecule has 0 saturated carbocycles. The van der Waals surface area contributed by atoms with E-state index in [0.717, 1.165) is 30.7 Å². The number of benzene rings is 1. The van der Waals surface area contributed by atoms with E-state index < -0.39 is 41.5 Å². The molecule has 3 rings (SSSR count). The summed E-state index contributed by atoms with van der Waals surface area (Å²) in [7, 11) is 1.33. The smallest absolute Gasteiger partial charge is 0.403 e. The van der Waals surface area contributed by atoms with Crippen LogP contribution < -0.4 is 15.6 Å². The highest BCUT2D eigenvalue weighted by Gasteiger charge is 2.32. The Bertz CT molecular complexity index is 989. The zero-order valence-corrected chi connectivity index (χ0v) is 16.3. The number of carbonyl (C=O) groups excluding carboxylic acids is 1. The van der Waals surface area contributed by atoms with Gasteiger partial charge in [-0.2, -0.15) is 0 Å². The second-order valence-electron chi connectivity index (χ2n) is 6.74. The fourth-order valence-corrected chi connectivity index (χ4v) is 3.10. The van der Waals surface area contributed by atoms with Crippen LogP contribution in [0.25, 0.3) is 0 Å². The van der Waals surface area contributed by atoms with Crippen LogP contribution in [-0.4, -0.2) is 42.6 Å². The quantitative estimate of drug-likeness (QED) is 0.636. The van der Waals surface area contributed by atoms with Gasteiger partial charge in [0.15, 0.2) is 11.6 Å². The molecule has 0 aliphatic carbocycles. The van der Waals surface area contributed by atoms with E-state index in [2.05, 4.69) is 20.0 Å². The average molecular weight is 445 g/mol. The lowest BCUT2D eigenvalue weighted by Crippen LogP contribution is -2.33. The number of nitrogens with one attached hydrogen (secondary N) is 2. The molecule has 0 bridgehead atoms. The molecule has 31 heavy (non-hydrogen) atoms. The lowest BCUT2D eigenvalue weighted by atomic mass is 10.1. The van der Waals surface area contributed by atoms with Crippen molar-refractivity contribution < 1.29 is 36.6 Å². The second-order valence-corrected chi connectivity index (χ2v) is 6.74. The molecule has 1 aromatic heterocycles. The molecule has 12 heteroatoms. The topological polar surface area (TPSA) is 103 Å². The summed E-state index contributed by atoms with van der Waals surface area (Å²) in [6.45, 7) is 0.396. The predicted octanol–water partition coefficient (Wildman–Crippen LogP) is 2.78. The summed E-state index contributed by atoms with van der Waals surface area (Å²) in [4.78, 5) is 31.3. The Labute approximate surface area is 173 Å². The van der Waals surface area contributed by atoms with Crippen molar-refractivity contribution in [3.8, 4) is 5.75 Å². The number of alkyl halides is 3. The number of H-pyrrole nitrogens is 1. The number of ether oxygens (including phenoxy) is 3. The van der Waals surface area contributed by atoms with Gasteiger partial charge in [-0.1, -0.05) is 6.07 Å². The summed E-state index contributed by atoms with van der Waals surface area (Å²) < 4.78 is 65.1. The molecular formula is C19H19F4N3O5. The maximum atomic E-state index is 14.1. The Morgan fingerprint density at radius 2 is 2.16 bits per heavy atom. The zero-order chi connectivity index (χ0) is 22.6. The van der Waals surface area contributed by atoms with Crippen molar-refractivity contribution in [3.63, 3.8) is 0 Å². The molecule has 1 aromatic carbocycles. The Balaban J connectivity index is 1.81. The lowest BCUT2D eigenvalue weighted by Gasteiger charge is -2.19. The van der Waals surface area contributed by atoms with Crippen LogP contribution in [0.15, 0.2) is 29.1 Å². The van der Waals surface area contributed by atoms with Crippen molar-refractivity contribution in [3.05, 3.63) is 57.5 Å². The molecule has 1 saturated heterocycles. The van der Waals surface area contributed by atoms with Crippen molar-refractivity contribution >= 4 is 5.91 Å².